The molecule has 2 aromatic rings. The maximum Gasteiger partial charge on any atom is 0.434 e. The van der Waals surface area contributed by atoms with Crippen LogP contribution in [0.2, 0.25) is 5.02 Å². The Morgan fingerprint density at radius 2 is 1.55 bits per heavy atom. The van der Waals surface area contributed by atoms with Crippen LogP contribution in [0.4, 0.5) is 24.5 Å². The Bertz CT molecular complexity index is 643. The molecule has 0 aliphatic carbocycles. The van der Waals surface area contributed by atoms with Crippen LogP contribution < -0.4 is 10.6 Å². The summed E-state index contributed by atoms with van der Waals surface area (Å²) >= 11 is 5.83. The second kappa shape index (κ2) is 4.31. The van der Waals surface area contributed by atoms with Gasteiger partial charge in [-0.05, 0) is 18.2 Å². The van der Waals surface area contributed by atoms with Gasteiger partial charge in [0.15, 0.2) is 0 Å². The summed E-state index contributed by atoms with van der Waals surface area (Å²) in [4.78, 5) is 0. The molecule has 0 radical (unpaired) electrons. The fourth-order valence-corrected chi connectivity index (χ4v) is 2.47. The molecule has 104 valence electrons. The van der Waals surface area contributed by atoms with Crippen molar-refractivity contribution in [1.29, 1.82) is 0 Å². The smallest absolute Gasteiger partial charge is 0.350 e. The number of anilines is 2. The average molecular weight is 299 g/mol. The summed E-state index contributed by atoms with van der Waals surface area (Å²) in [6.45, 7) is 0. The van der Waals surface area contributed by atoms with Crippen LogP contribution in [0.15, 0.2) is 48.5 Å². The molecule has 6 heteroatoms. The zero-order valence-corrected chi connectivity index (χ0v) is 10.9. The molecule has 1 aliphatic heterocycles. The van der Waals surface area contributed by atoms with Crippen LogP contribution in [0.5, 0.6) is 0 Å². The molecule has 0 spiro atoms. The minimum Gasteiger partial charge on any atom is -0.350 e. The molecule has 2 aromatic carbocycles. The summed E-state index contributed by atoms with van der Waals surface area (Å²) in [6, 6.07) is 12.2. The van der Waals surface area contributed by atoms with Gasteiger partial charge in [-0.25, -0.2) is 0 Å². The third-order valence-corrected chi connectivity index (χ3v) is 3.49. The van der Waals surface area contributed by atoms with E-state index in [1.807, 2.05) is 0 Å². The first-order valence-corrected chi connectivity index (χ1v) is 6.28. The van der Waals surface area contributed by atoms with E-state index in [9.17, 15) is 13.2 Å². The standard InChI is InChI=1S/C14H10ClF3N2/c15-10-6-7-11-12(8-10)20-13(19-11,14(16,17)18)9-4-2-1-3-5-9/h1-8,19-20H. The van der Waals surface area contributed by atoms with Gasteiger partial charge in [0, 0.05) is 10.6 Å². The van der Waals surface area contributed by atoms with Crippen LogP contribution in [-0.4, -0.2) is 6.18 Å². The minimum atomic E-state index is -4.51. The first kappa shape index (κ1) is 13.1. The van der Waals surface area contributed by atoms with Crippen molar-refractivity contribution in [2.75, 3.05) is 10.6 Å². The van der Waals surface area contributed by atoms with E-state index in [1.165, 1.54) is 24.3 Å². The largest absolute Gasteiger partial charge is 0.434 e. The Labute approximate surface area is 118 Å². The number of alkyl halides is 3. The maximum absolute atomic E-state index is 13.6. The van der Waals surface area contributed by atoms with E-state index < -0.39 is 11.8 Å². The lowest BCUT2D eigenvalue weighted by atomic mass is 9.99. The second-order valence-electron chi connectivity index (χ2n) is 4.55. The lowest BCUT2D eigenvalue weighted by Crippen LogP contribution is -2.52. The quantitative estimate of drug-likeness (QED) is 0.804. The van der Waals surface area contributed by atoms with E-state index in [0.717, 1.165) is 0 Å². The zero-order valence-electron chi connectivity index (χ0n) is 10.1. The highest BCUT2D eigenvalue weighted by molar-refractivity contribution is 6.31. The first-order valence-electron chi connectivity index (χ1n) is 5.90. The van der Waals surface area contributed by atoms with E-state index in [1.54, 1.807) is 24.3 Å². The Hall–Kier alpha value is -1.88. The van der Waals surface area contributed by atoms with E-state index in [-0.39, 0.29) is 5.56 Å². The minimum absolute atomic E-state index is 0.0971. The Kier molecular flexibility index (Phi) is 2.83. The van der Waals surface area contributed by atoms with Crippen LogP contribution in [0.3, 0.4) is 0 Å². The lowest BCUT2D eigenvalue weighted by Gasteiger charge is -2.33. The van der Waals surface area contributed by atoms with Crippen molar-refractivity contribution >= 4 is 23.0 Å². The van der Waals surface area contributed by atoms with Gasteiger partial charge in [-0.2, -0.15) is 13.2 Å². The lowest BCUT2D eigenvalue weighted by molar-refractivity contribution is -0.172. The number of nitrogens with one attached hydrogen (secondary N) is 2. The van der Waals surface area contributed by atoms with Crippen molar-refractivity contribution in [3.8, 4) is 0 Å². The van der Waals surface area contributed by atoms with Crippen molar-refractivity contribution in [1.82, 2.24) is 0 Å². The number of halogens is 4. The van der Waals surface area contributed by atoms with Gasteiger partial charge < -0.3 is 10.6 Å². The molecule has 1 heterocycles. The fourth-order valence-electron chi connectivity index (χ4n) is 2.30. The molecule has 0 aromatic heterocycles. The number of hydrogen-bond acceptors (Lipinski definition) is 2. The van der Waals surface area contributed by atoms with E-state index >= 15 is 0 Å². The molecule has 1 atom stereocenters. The van der Waals surface area contributed by atoms with E-state index in [0.29, 0.717) is 16.4 Å². The summed E-state index contributed by atoms with van der Waals surface area (Å²) in [7, 11) is 0. The predicted octanol–water partition coefficient (Wildman–Crippen LogP) is 4.59. The van der Waals surface area contributed by atoms with Crippen LogP contribution in [-0.2, 0) is 5.66 Å². The summed E-state index contributed by atoms with van der Waals surface area (Å²) in [5.41, 5.74) is -1.53. The summed E-state index contributed by atoms with van der Waals surface area (Å²) in [5.74, 6) is 0. The highest BCUT2D eigenvalue weighted by atomic mass is 35.5. The molecule has 0 amide bonds. The van der Waals surface area contributed by atoms with Crippen molar-refractivity contribution < 1.29 is 13.2 Å². The van der Waals surface area contributed by atoms with Crippen LogP contribution in [0.1, 0.15) is 5.56 Å². The van der Waals surface area contributed by atoms with Crippen molar-refractivity contribution in [3.63, 3.8) is 0 Å². The fraction of sp³-hybridized carbons (Fsp3) is 0.143. The number of hydrogen-bond donors (Lipinski definition) is 2. The Balaban J connectivity index is 2.13. The molecule has 2 N–H and O–H groups in total. The van der Waals surface area contributed by atoms with Gasteiger partial charge in [0.1, 0.15) is 0 Å². The van der Waals surface area contributed by atoms with Gasteiger partial charge >= 0.3 is 6.18 Å². The highest BCUT2D eigenvalue weighted by Gasteiger charge is 2.59. The third-order valence-electron chi connectivity index (χ3n) is 3.26. The third kappa shape index (κ3) is 1.89. The first-order chi connectivity index (χ1) is 9.42. The van der Waals surface area contributed by atoms with Gasteiger partial charge in [-0.15, -0.1) is 0 Å². The van der Waals surface area contributed by atoms with Gasteiger partial charge in [0.25, 0.3) is 0 Å². The number of rotatable bonds is 1. The number of fused-ring (bicyclic) bond motifs is 1. The summed E-state index contributed by atoms with van der Waals surface area (Å²) in [5, 5.41) is 5.44. The van der Waals surface area contributed by atoms with Crippen LogP contribution in [0, 0.1) is 0 Å². The highest BCUT2D eigenvalue weighted by Crippen LogP contribution is 2.48. The normalized spacial score (nSPS) is 21.0. The molecule has 0 saturated carbocycles. The maximum atomic E-state index is 13.6. The monoisotopic (exact) mass is 298 g/mol. The average Bonchev–Trinajstić information content (AvgIpc) is 2.79. The van der Waals surface area contributed by atoms with Crippen LogP contribution >= 0.6 is 11.6 Å². The van der Waals surface area contributed by atoms with Crippen molar-refractivity contribution in [2.45, 2.75) is 11.8 Å². The molecule has 3 rings (SSSR count). The zero-order chi connectivity index (χ0) is 14.4. The van der Waals surface area contributed by atoms with Crippen LogP contribution in [0.25, 0.3) is 0 Å². The second-order valence-corrected chi connectivity index (χ2v) is 4.99. The van der Waals surface area contributed by atoms with E-state index in [2.05, 4.69) is 10.6 Å². The van der Waals surface area contributed by atoms with Crippen molar-refractivity contribution in [2.24, 2.45) is 0 Å². The molecule has 2 nitrogen and oxygen atoms in total. The molecule has 20 heavy (non-hydrogen) atoms. The topological polar surface area (TPSA) is 24.1 Å². The molecule has 1 unspecified atom stereocenters. The van der Waals surface area contributed by atoms with Gasteiger partial charge in [-0.3, -0.25) is 0 Å². The molecule has 0 fully saturated rings. The molecular formula is C14H10ClF3N2. The Morgan fingerprint density at radius 1 is 0.900 bits per heavy atom. The van der Waals surface area contributed by atoms with Gasteiger partial charge in [0.05, 0.1) is 11.4 Å². The number of benzene rings is 2. The summed E-state index contributed by atoms with van der Waals surface area (Å²) in [6.07, 6.45) is -4.51. The Morgan fingerprint density at radius 3 is 2.20 bits per heavy atom. The molecular weight excluding hydrogens is 289 g/mol. The SMILES string of the molecule is FC(F)(F)C1(c2ccccc2)Nc2ccc(Cl)cc2N1. The van der Waals surface area contributed by atoms with E-state index in [4.69, 9.17) is 11.6 Å². The van der Waals surface area contributed by atoms with Gasteiger partial charge in [-0.1, -0.05) is 41.9 Å². The van der Waals surface area contributed by atoms with Crippen molar-refractivity contribution in [3.05, 3.63) is 59.1 Å². The predicted molar refractivity (Wildman–Crippen MR) is 72.9 cm³/mol. The molecule has 0 bridgehead atoms. The van der Waals surface area contributed by atoms with Gasteiger partial charge in [0.2, 0.25) is 5.66 Å². The molecule has 1 aliphatic rings. The summed E-state index contributed by atoms with van der Waals surface area (Å²) < 4.78 is 40.8. The molecule has 0 saturated heterocycles.